The first-order valence-electron chi connectivity index (χ1n) is 21.6. The van der Waals surface area contributed by atoms with Crippen molar-refractivity contribution in [1.82, 2.24) is 9.80 Å². The molecule has 0 bridgehead atoms. The van der Waals surface area contributed by atoms with Crippen molar-refractivity contribution in [2.75, 3.05) is 32.9 Å². The van der Waals surface area contributed by atoms with Gasteiger partial charge in [-0.15, -0.1) is 0 Å². The van der Waals surface area contributed by atoms with Crippen molar-refractivity contribution in [1.29, 1.82) is 0 Å². The number of esters is 2. The monoisotopic (exact) mass is 910 g/mol. The van der Waals surface area contributed by atoms with Crippen LogP contribution in [0.5, 0.6) is 11.5 Å². The van der Waals surface area contributed by atoms with Gasteiger partial charge >= 0.3 is 11.9 Å². The number of rotatable bonds is 15. The van der Waals surface area contributed by atoms with E-state index in [9.17, 15) is 19.2 Å². The number of benzene rings is 6. The Hall–Kier alpha value is -6.46. The van der Waals surface area contributed by atoms with Gasteiger partial charge in [0.15, 0.2) is 13.2 Å². The molecule has 0 saturated heterocycles. The second-order valence-electron chi connectivity index (χ2n) is 16.1. The summed E-state index contributed by atoms with van der Waals surface area (Å²) in [5, 5.41) is 0.839. The molecule has 2 atom stereocenters. The van der Waals surface area contributed by atoms with Gasteiger partial charge in [-0.25, -0.2) is 9.59 Å². The highest BCUT2D eigenvalue weighted by Crippen LogP contribution is 2.42. The zero-order valence-corrected chi connectivity index (χ0v) is 37.4. The zero-order chi connectivity index (χ0) is 45.3. The van der Waals surface area contributed by atoms with Crippen LogP contribution in [0.4, 0.5) is 0 Å². The molecule has 0 radical (unpaired) electrons. The minimum atomic E-state index is -0.950. The molecule has 2 heterocycles. The van der Waals surface area contributed by atoms with Gasteiger partial charge in [0.2, 0.25) is 11.8 Å². The van der Waals surface area contributed by atoms with Crippen LogP contribution in [-0.2, 0) is 54.5 Å². The molecule has 2 unspecified atom stereocenters. The van der Waals surface area contributed by atoms with E-state index in [2.05, 4.69) is 0 Å². The quantitative estimate of drug-likeness (QED) is 0.0740. The topological polar surface area (TPSA) is 112 Å². The molecule has 65 heavy (non-hydrogen) atoms. The molecule has 2 aliphatic heterocycles. The molecular formula is C53H48Cl2N2O8. The number of carbonyl (C=O) groups excluding carboxylic acids is 4. The first-order chi connectivity index (χ1) is 31.6. The number of ether oxygens (including phenoxy) is 4. The molecule has 12 heteroatoms. The van der Waals surface area contributed by atoms with Gasteiger partial charge in [-0.05, 0) is 102 Å². The van der Waals surface area contributed by atoms with E-state index in [1.807, 2.05) is 115 Å². The molecule has 0 N–H and O–H groups in total. The predicted octanol–water partition coefficient (Wildman–Crippen LogP) is 9.63. The van der Waals surface area contributed by atoms with Gasteiger partial charge in [0.25, 0.3) is 0 Å². The molecule has 0 aliphatic carbocycles. The molecule has 0 spiro atoms. The van der Waals surface area contributed by atoms with E-state index in [0.717, 1.165) is 38.9 Å². The first kappa shape index (κ1) is 45.1. The molecule has 2 aliphatic rings. The van der Waals surface area contributed by atoms with Crippen molar-refractivity contribution in [3.8, 4) is 11.5 Å². The summed E-state index contributed by atoms with van der Waals surface area (Å²) < 4.78 is 23.1. The van der Waals surface area contributed by atoms with E-state index in [1.54, 1.807) is 41.3 Å². The minimum Gasteiger partial charge on any atom is -0.482 e. The van der Waals surface area contributed by atoms with E-state index < -0.39 is 37.2 Å². The highest BCUT2D eigenvalue weighted by molar-refractivity contribution is 6.31. The minimum absolute atomic E-state index is 0.0209. The number of hydrogen-bond acceptors (Lipinski definition) is 8. The van der Waals surface area contributed by atoms with Gasteiger partial charge in [0.05, 0.1) is 18.7 Å². The van der Waals surface area contributed by atoms with Crippen molar-refractivity contribution in [3.63, 3.8) is 0 Å². The Kier molecular flexibility index (Phi) is 14.6. The fourth-order valence-corrected chi connectivity index (χ4v) is 9.08. The summed E-state index contributed by atoms with van der Waals surface area (Å²) >= 11 is 13.1. The fraction of sp³-hybridized carbons (Fsp3) is 0.245. The average molecular weight is 912 g/mol. The Morgan fingerprint density at radius 1 is 0.569 bits per heavy atom. The van der Waals surface area contributed by atoms with Crippen LogP contribution in [0.3, 0.4) is 0 Å². The smallest absolute Gasteiger partial charge is 0.351 e. The van der Waals surface area contributed by atoms with Crippen molar-refractivity contribution >= 4 is 47.0 Å². The van der Waals surface area contributed by atoms with E-state index in [0.29, 0.717) is 65.7 Å². The van der Waals surface area contributed by atoms with Crippen LogP contribution in [0.1, 0.15) is 68.6 Å². The summed E-state index contributed by atoms with van der Waals surface area (Å²) in [6.07, 6.45) is 2.22. The van der Waals surface area contributed by atoms with Crippen LogP contribution in [0.2, 0.25) is 10.0 Å². The predicted molar refractivity (Wildman–Crippen MR) is 248 cm³/mol. The molecule has 2 amide bonds. The van der Waals surface area contributed by atoms with Gasteiger partial charge in [-0.1, -0.05) is 126 Å². The van der Waals surface area contributed by atoms with Gasteiger partial charge < -0.3 is 28.7 Å². The number of hydrogen-bond donors (Lipinski definition) is 0. The summed E-state index contributed by atoms with van der Waals surface area (Å²) in [7, 11) is 0. The standard InChI is InChI=1S/C53H48Cl2N2O8/c1-35-11-5-6-14-37(35)19-24-48(58)56-27-25-38-15-7-9-17-42(38)52(56)44-29-40(54)20-22-46(44)63-33-50(60)65-51(61)34-64-47-23-21-41(55)30-45(47)53-43-18-10-8-16-39(43)26-28-57(53)49(59)32-62-31-36-12-3-2-4-13-36/h2-18,20-23,29-30,52-53H,19,24-28,31-34H2,1H3. The normalized spacial score (nSPS) is 15.4. The number of halogens is 2. The number of aryl methyl sites for hydroxylation is 2. The summed E-state index contributed by atoms with van der Waals surface area (Å²) in [6.45, 7) is 1.86. The summed E-state index contributed by atoms with van der Waals surface area (Å²) in [5.41, 5.74) is 8.35. The van der Waals surface area contributed by atoms with Gasteiger partial charge in [-0.3, -0.25) is 9.59 Å². The molecule has 0 saturated carbocycles. The third kappa shape index (κ3) is 10.9. The van der Waals surface area contributed by atoms with Crippen molar-refractivity contribution in [3.05, 3.63) is 200 Å². The highest BCUT2D eigenvalue weighted by atomic mass is 35.5. The van der Waals surface area contributed by atoms with E-state index in [-0.39, 0.29) is 30.8 Å². The van der Waals surface area contributed by atoms with Gasteiger partial charge in [0.1, 0.15) is 18.1 Å². The van der Waals surface area contributed by atoms with Crippen molar-refractivity contribution < 1.29 is 38.1 Å². The van der Waals surface area contributed by atoms with Crippen LogP contribution in [0.25, 0.3) is 0 Å². The second kappa shape index (κ2) is 21.0. The Morgan fingerprint density at radius 2 is 1.08 bits per heavy atom. The van der Waals surface area contributed by atoms with E-state index in [4.69, 9.17) is 42.1 Å². The Balaban J connectivity index is 0.944. The van der Waals surface area contributed by atoms with Crippen LogP contribution in [0, 0.1) is 6.92 Å². The number of carbonyl (C=O) groups is 4. The molecule has 10 nitrogen and oxygen atoms in total. The molecule has 0 fully saturated rings. The lowest BCUT2D eigenvalue weighted by atomic mass is 9.87. The summed E-state index contributed by atoms with van der Waals surface area (Å²) in [5.74, 6) is -1.53. The number of fused-ring (bicyclic) bond motifs is 2. The average Bonchev–Trinajstić information content (AvgIpc) is 3.32. The summed E-state index contributed by atoms with van der Waals surface area (Å²) in [4.78, 5) is 57.9. The Labute approximate surface area is 388 Å². The van der Waals surface area contributed by atoms with Crippen LogP contribution in [0.15, 0.2) is 140 Å². The largest absolute Gasteiger partial charge is 0.482 e. The fourth-order valence-electron chi connectivity index (χ4n) is 8.72. The molecule has 6 aromatic carbocycles. The molecule has 0 aromatic heterocycles. The lowest BCUT2D eigenvalue weighted by Crippen LogP contribution is -2.42. The van der Waals surface area contributed by atoms with Crippen LogP contribution < -0.4 is 9.47 Å². The van der Waals surface area contributed by atoms with E-state index >= 15 is 0 Å². The third-order valence-electron chi connectivity index (χ3n) is 11.9. The first-order valence-corrected chi connectivity index (χ1v) is 22.4. The van der Waals surface area contributed by atoms with E-state index in [1.165, 1.54) is 0 Å². The maximum atomic E-state index is 14.0. The molecule has 8 rings (SSSR count). The maximum absolute atomic E-state index is 14.0. The second-order valence-corrected chi connectivity index (χ2v) is 16.9. The molecule has 332 valence electrons. The highest BCUT2D eigenvalue weighted by Gasteiger charge is 2.36. The van der Waals surface area contributed by atoms with Crippen LogP contribution in [-0.4, -0.2) is 66.5 Å². The number of nitrogens with zero attached hydrogens (tertiary/aromatic N) is 2. The lowest BCUT2D eigenvalue weighted by Gasteiger charge is -2.38. The molecular weight excluding hydrogens is 863 g/mol. The Bertz CT molecular complexity index is 2690. The molecule has 6 aromatic rings. The van der Waals surface area contributed by atoms with Crippen molar-refractivity contribution in [2.24, 2.45) is 0 Å². The third-order valence-corrected chi connectivity index (χ3v) is 12.3. The van der Waals surface area contributed by atoms with Crippen LogP contribution >= 0.6 is 23.2 Å². The number of amides is 2. The Morgan fingerprint density at radius 3 is 1.65 bits per heavy atom. The lowest BCUT2D eigenvalue weighted by molar-refractivity contribution is -0.162. The summed E-state index contributed by atoms with van der Waals surface area (Å²) in [6, 6.07) is 42.3. The van der Waals surface area contributed by atoms with Gasteiger partial charge in [-0.2, -0.15) is 0 Å². The SMILES string of the molecule is Cc1ccccc1CCC(=O)N1CCc2ccccc2C1c1cc(Cl)ccc1OCC(=O)OC(=O)COc1ccc(Cl)cc1C1c2ccccc2CCN1C(=O)COCc1ccccc1. The zero-order valence-electron chi connectivity index (χ0n) is 35.9. The van der Waals surface area contributed by atoms with Gasteiger partial charge in [0, 0.05) is 40.7 Å². The maximum Gasteiger partial charge on any atom is 0.351 e. The van der Waals surface area contributed by atoms with Crippen molar-refractivity contribution in [2.45, 2.75) is 51.3 Å².